The van der Waals surface area contributed by atoms with E-state index in [4.69, 9.17) is 0 Å². The van der Waals surface area contributed by atoms with Gasteiger partial charge in [-0.2, -0.15) is 0 Å². The molecule has 152 valence electrons. The second-order valence-electron chi connectivity index (χ2n) is 10.3. The molecule has 29 heavy (non-hydrogen) atoms. The Morgan fingerprint density at radius 1 is 0.862 bits per heavy atom. The molecule has 0 radical (unpaired) electrons. The molecule has 1 N–H and O–H groups in total. The van der Waals surface area contributed by atoms with E-state index in [1.165, 1.54) is 38.5 Å². The smallest absolute Gasteiger partial charge is 0.235 e. The molecule has 0 heterocycles. The van der Waals surface area contributed by atoms with Gasteiger partial charge in [0, 0.05) is 6.04 Å². The summed E-state index contributed by atoms with van der Waals surface area (Å²) in [7, 11) is 0. The maximum Gasteiger partial charge on any atom is 0.235 e. The molecule has 0 spiro atoms. The van der Waals surface area contributed by atoms with E-state index >= 15 is 0 Å². The summed E-state index contributed by atoms with van der Waals surface area (Å²) in [5, 5.41) is 3.54. The van der Waals surface area contributed by atoms with Crippen LogP contribution in [0, 0.1) is 23.2 Å². The van der Waals surface area contributed by atoms with Crippen molar-refractivity contribution < 1.29 is 4.79 Å². The van der Waals surface area contributed by atoms with Crippen LogP contribution in [0.15, 0.2) is 60.7 Å². The Labute approximate surface area is 175 Å². The second-order valence-corrected chi connectivity index (χ2v) is 10.3. The fourth-order valence-corrected chi connectivity index (χ4v) is 7.17. The largest absolute Gasteiger partial charge is 0.352 e. The molecule has 4 aliphatic rings. The van der Waals surface area contributed by atoms with Gasteiger partial charge in [0.15, 0.2) is 0 Å². The lowest BCUT2D eigenvalue weighted by Crippen LogP contribution is -2.58. The van der Waals surface area contributed by atoms with Crippen molar-refractivity contribution >= 4 is 5.91 Å². The zero-order chi connectivity index (χ0) is 20.1. The van der Waals surface area contributed by atoms with E-state index in [-0.39, 0.29) is 11.9 Å². The summed E-state index contributed by atoms with van der Waals surface area (Å²) in [5.74, 6) is 2.83. The Morgan fingerprint density at radius 2 is 1.28 bits per heavy atom. The molecule has 4 saturated carbocycles. The van der Waals surface area contributed by atoms with Gasteiger partial charge in [0.25, 0.3) is 0 Å². The van der Waals surface area contributed by atoms with E-state index in [0.717, 1.165) is 28.9 Å². The van der Waals surface area contributed by atoms with E-state index < -0.39 is 5.41 Å². The van der Waals surface area contributed by atoms with Gasteiger partial charge in [0.05, 0.1) is 5.41 Å². The van der Waals surface area contributed by atoms with Gasteiger partial charge in [-0.15, -0.1) is 0 Å². The molecule has 0 unspecified atom stereocenters. The molecule has 2 aromatic rings. The van der Waals surface area contributed by atoms with E-state index in [2.05, 4.69) is 43.4 Å². The summed E-state index contributed by atoms with van der Waals surface area (Å²) in [6, 6.07) is 20.7. The van der Waals surface area contributed by atoms with Gasteiger partial charge in [0.2, 0.25) is 5.91 Å². The first kappa shape index (κ1) is 18.9. The van der Waals surface area contributed by atoms with Crippen LogP contribution in [0.4, 0.5) is 0 Å². The van der Waals surface area contributed by atoms with Gasteiger partial charge in [-0.25, -0.2) is 0 Å². The third-order valence-electron chi connectivity index (χ3n) is 8.51. The molecule has 0 aliphatic heterocycles. The molecular formula is C27H33NO. The summed E-state index contributed by atoms with van der Waals surface area (Å²) in [6.07, 6.45) is 8.25. The molecule has 2 heteroatoms. The molecule has 2 aromatic carbocycles. The first-order chi connectivity index (χ1) is 14.0. The van der Waals surface area contributed by atoms with Gasteiger partial charge in [0.1, 0.15) is 0 Å². The van der Waals surface area contributed by atoms with E-state index in [0.29, 0.717) is 5.41 Å². The highest BCUT2D eigenvalue weighted by atomic mass is 16.2. The summed E-state index contributed by atoms with van der Waals surface area (Å²) < 4.78 is 0. The van der Waals surface area contributed by atoms with Gasteiger partial charge in [-0.3, -0.25) is 4.79 Å². The number of hydrogen-bond acceptors (Lipinski definition) is 1. The van der Waals surface area contributed by atoms with E-state index in [1.807, 2.05) is 36.4 Å². The molecule has 4 fully saturated rings. The molecule has 1 amide bonds. The van der Waals surface area contributed by atoms with Gasteiger partial charge < -0.3 is 5.32 Å². The van der Waals surface area contributed by atoms with Gasteiger partial charge >= 0.3 is 0 Å². The van der Waals surface area contributed by atoms with Crippen LogP contribution in [0.25, 0.3) is 0 Å². The van der Waals surface area contributed by atoms with Crippen molar-refractivity contribution in [2.24, 2.45) is 23.2 Å². The molecule has 4 bridgehead atoms. The average molecular weight is 388 g/mol. The lowest BCUT2D eigenvalue weighted by atomic mass is 9.48. The maximum absolute atomic E-state index is 13.9. The molecular weight excluding hydrogens is 354 g/mol. The Kier molecular flexibility index (Phi) is 4.57. The van der Waals surface area contributed by atoms with Crippen LogP contribution < -0.4 is 5.32 Å². The van der Waals surface area contributed by atoms with Crippen molar-refractivity contribution in [2.75, 3.05) is 0 Å². The number of rotatable bonds is 5. The molecule has 0 saturated heterocycles. The zero-order valence-electron chi connectivity index (χ0n) is 17.7. The van der Waals surface area contributed by atoms with E-state index in [9.17, 15) is 4.79 Å². The summed E-state index contributed by atoms with van der Waals surface area (Å²) in [6.45, 7) is 4.36. The van der Waals surface area contributed by atoms with Crippen molar-refractivity contribution in [3.05, 3.63) is 71.8 Å². The first-order valence-electron chi connectivity index (χ1n) is 11.4. The number of carbonyl (C=O) groups is 1. The number of nitrogens with one attached hydrogen (secondary N) is 1. The number of amides is 1. The average Bonchev–Trinajstić information content (AvgIpc) is 2.73. The fourth-order valence-electron chi connectivity index (χ4n) is 7.17. The summed E-state index contributed by atoms with van der Waals surface area (Å²) in [4.78, 5) is 13.9. The van der Waals surface area contributed by atoms with Crippen molar-refractivity contribution in [1.29, 1.82) is 0 Å². The van der Waals surface area contributed by atoms with Crippen LogP contribution in [0.3, 0.4) is 0 Å². The SMILES string of the molecule is C[C@@H](NC(=O)C(C)(c1ccccc1)c1ccccc1)C12CC3CC(CC(C3)C1)C2. The third-order valence-corrected chi connectivity index (χ3v) is 8.51. The fraction of sp³-hybridized carbons (Fsp3) is 0.519. The van der Waals surface area contributed by atoms with Crippen LogP contribution in [-0.4, -0.2) is 11.9 Å². The van der Waals surface area contributed by atoms with Crippen LogP contribution in [0.5, 0.6) is 0 Å². The number of benzene rings is 2. The Hall–Kier alpha value is -2.09. The molecule has 0 aromatic heterocycles. The topological polar surface area (TPSA) is 29.1 Å². The normalized spacial score (nSPS) is 31.4. The Bertz CT molecular complexity index is 797. The van der Waals surface area contributed by atoms with Crippen molar-refractivity contribution in [2.45, 2.75) is 63.8 Å². The molecule has 1 atom stereocenters. The molecule has 4 aliphatic carbocycles. The minimum Gasteiger partial charge on any atom is -0.352 e. The monoisotopic (exact) mass is 387 g/mol. The highest BCUT2D eigenvalue weighted by Gasteiger charge is 2.54. The van der Waals surface area contributed by atoms with Crippen LogP contribution >= 0.6 is 0 Å². The zero-order valence-corrected chi connectivity index (χ0v) is 17.7. The summed E-state index contributed by atoms with van der Waals surface area (Å²) in [5.41, 5.74) is 1.75. The highest BCUT2D eigenvalue weighted by Crippen LogP contribution is 2.61. The predicted molar refractivity (Wildman–Crippen MR) is 118 cm³/mol. The van der Waals surface area contributed by atoms with Crippen molar-refractivity contribution in [3.8, 4) is 0 Å². The lowest BCUT2D eigenvalue weighted by Gasteiger charge is -2.59. The Balaban J connectivity index is 1.44. The van der Waals surface area contributed by atoms with Gasteiger partial charge in [-0.05, 0) is 86.7 Å². The predicted octanol–water partition coefficient (Wildman–Crippen LogP) is 5.71. The number of hydrogen-bond donors (Lipinski definition) is 1. The minimum absolute atomic E-state index is 0.137. The second kappa shape index (κ2) is 7.00. The van der Waals surface area contributed by atoms with E-state index in [1.54, 1.807) is 0 Å². The van der Waals surface area contributed by atoms with Gasteiger partial charge in [-0.1, -0.05) is 60.7 Å². The lowest BCUT2D eigenvalue weighted by molar-refractivity contribution is -0.129. The maximum atomic E-state index is 13.9. The minimum atomic E-state index is -0.681. The van der Waals surface area contributed by atoms with Crippen LogP contribution in [0.2, 0.25) is 0 Å². The van der Waals surface area contributed by atoms with Crippen molar-refractivity contribution in [3.63, 3.8) is 0 Å². The summed E-state index contributed by atoms with van der Waals surface area (Å²) >= 11 is 0. The van der Waals surface area contributed by atoms with Crippen LogP contribution in [-0.2, 0) is 10.2 Å². The first-order valence-corrected chi connectivity index (χ1v) is 11.4. The molecule has 6 rings (SSSR count). The standard InChI is InChI=1S/C27H33NO/c1-19(27-16-20-13-21(17-27)15-22(14-20)18-27)28-25(29)26(2,23-9-5-3-6-10-23)24-11-7-4-8-12-24/h3-12,19-22H,13-18H2,1-2H3,(H,28,29)/t19-,20?,21?,22?,27?/m1/s1. The third kappa shape index (κ3) is 3.12. The molecule has 2 nitrogen and oxygen atoms in total. The van der Waals surface area contributed by atoms with Crippen molar-refractivity contribution in [1.82, 2.24) is 5.32 Å². The Morgan fingerprint density at radius 3 is 1.69 bits per heavy atom. The number of carbonyl (C=O) groups excluding carboxylic acids is 1. The highest BCUT2D eigenvalue weighted by molar-refractivity contribution is 5.91. The van der Waals surface area contributed by atoms with Crippen LogP contribution in [0.1, 0.15) is 63.5 Å². The quantitative estimate of drug-likeness (QED) is 0.699.